The van der Waals surface area contributed by atoms with Gasteiger partial charge < -0.3 is 9.84 Å². The van der Waals surface area contributed by atoms with Gasteiger partial charge in [0.25, 0.3) is 0 Å². The summed E-state index contributed by atoms with van der Waals surface area (Å²) in [6.07, 6.45) is 22.5. The zero-order valence-corrected chi connectivity index (χ0v) is 17.8. The van der Waals surface area contributed by atoms with Crippen LogP contribution in [0.2, 0.25) is 0 Å². The highest BCUT2D eigenvalue weighted by Gasteiger charge is 2.06. The third-order valence-corrected chi connectivity index (χ3v) is 4.99. The van der Waals surface area contributed by atoms with Gasteiger partial charge in [0.1, 0.15) is 5.75 Å². The van der Waals surface area contributed by atoms with Crippen LogP contribution in [0.5, 0.6) is 5.75 Å². The summed E-state index contributed by atoms with van der Waals surface area (Å²) in [6, 6.07) is 6.15. The summed E-state index contributed by atoms with van der Waals surface area (Å²) in [4.78, 5) is 11.8. The van der Waals surface area contributed by atoms with Gasteiger partial charge in [-0.15, -0.1) is 0 Å². The molecule has 1 aromatic rings. The average molecular weight is 389 g/mol. The Balaban J connectivity index is 1.84. The smallest absolute Gasteiger partial charge is 0.338 e. The summed E-state index contributed by atoms with van der Waals surface area (Å²) in [5.74, 6) is -0.164. The van der Waals surface area contributed by atoms with Gasteiger partial charge in [-0.05, 0) is 62.8 Å². The van der Waals surface area contributed by atoms with E-state index in [1.165, 1.54) is 76.3 Å². The minimum Gasteiger partial charge on any atom is -0.508 e. The molecule has 0 unspecified atom stereocenters. The van der Waals surface area contributed by atoms with E-state index in [2.05, 4.69) is 19.1 Å². The van der Waals surface area contributed by atoms with E-state index in [-0.39, 0.29) is 11.7 Å². The highest BCUT2D eigenvalue weighted by atomic mass is 16.5. The van der Waals surface area contributed by atoms with Gasteiger partial charge in [0.15, 0.2) is 0 Å². The fourth-order valence-corrected chi connectivity index (χ4v) is 3.20. The Hall–Kier alpha value is -1.77. The molecule has 0 fully saturated rings. The SMILES string of the molecule is CCCCCCCCCCC/C=C/CCCCCOC(=O)c1ccc(O)cc1. The second-order valence-corrected chi connectivity index (χ2v) is 7.62. The minimum absolute atomic E-state index is 0.155. The highest BCUT2D eigenvalue weighted by molar-refractivity contribution is 5.89. The van der Waals surface area contributed by atoms with Crippen molar-refractivity contribution in [2.24, 2.45) is 0 Å². The number of hydrogen-bond donors (Lipinski definition) is 1. The van der Waals surface area contributed by atoms with Crippen LogP contribution >= 0.6 is 0 Å². The largest absolute Gasteiger partial charge is 0.508 e. The molecule has 1 aromatic carbocycles. The second kappa shape index (κ2) is 17.3. The lowest BCUT2D eigenvalue weighted by atomic mass is 10.1. The maximum absolute atomic E-state index is 11.8. The van der Waals surface area contributed by atoms with Gasteiger partial charge in [-0.25, -0.2) is 4.79 Å². The lowest BCUT2D eigenvalue weighted by Gasteiger charge is -2.04. The van der Waals surface area contributed by atoms with Crippen LogP contribution in [0.4, 0.5) is 0 Å². The van der Waals surface area contributed by atoms with Crippen LogP contribution in [0.1, 0.15) is 107 Å². The van der Waals surface area contributed by atoms with Crippen LogP contribution in [-0.2, 0) is 4.74 Å². The molecule has 1 N–H and O–H groups in total. The van der Waals surface area contributed by atoms with Crippen molar-refractivity contribution in [1.82, 2.24) is 0 Å². The fraction of sp³-hybridized carbons (Fsp3) is 0.640. The van der Waals surface area contributed by atoms with E-state index in [1.54, 1.807) is 12.1 Å². The predicted octanol–water partition coefficient (Wildman–Crippen LogP) is 7.59. The fourth-order valence-electron chi connectivity index (χ4n) is 3.20. The van der Waals surface area contributed by atoms with E-state index < -0.39 is 0 Å². The van der Waals surface area contributed by atoms with Gasteiger partial charge in [-0.1, -0.05) is 70.4 Å². The van der Waals surface area contributed by atoms with E-state index in [1.807, 2.05) is 0 Å². The molecule has 158 valence electrons. The second-order valence-electron chi connectivity index (χ2n) is 7.62. The van der Waals surface area contributed by atoms with E-state index in [4.69, 9.17) is 4.74 Å². The summed E-state index contributed by atoms with van der Waals surface area (Å²) in [5, 5.41) is 9.21. The van der Waals surface area contributed by atoms with Crippen molar-refractivity contribution in [3.8, 4) is 5.75 Å². The van der Waals surface area contributed by atoms with E-state index in [0.717, 1.165) is 25.7 Å². The summed E-state index contributed by atoms with van der Waals surface area (Å²) in [5.41, 5.74) is 0.484. The molecule has 1 rings (SSSR count). The van der Waals surface area contributed by atoms with Crippen LogP contribution in [0, 0.1) is 0 Å². The third-order valence-electron chi connectivity index (χ3n) is 4.99. The van der Waals surface area contributed by atoms with Crippen molar-refractivity contribution in [2.45, 2.75) is 96.8 Å². The Morgan fingerprint density at radius 3 is 1.86 bits per heavy atom. The van der Waals surface area contributed by atoms with E-state index in [9.17, 15) is 9.90 Å². The molecule has 0 aliphatic heterocycles. The summed E-state index contributed by atoms with van der Waals surface area (Å²) in [7, 11) is 0. The molecule has 0 bridgehead atoms. The quantitative estimate of drug-likeness (QED) is 0.170. The molecule has 0 amide bonds. The van der Waals surface area contributed by atoms with E-state index >= 15 is 0 Å². The first-order valence-electron chi connectivity index (χ1n) is 11.3. The Labute approximate surface area is 172 Å². The monoisotopic (exact) mass is 388 g/mol. The van der Waals surface area contributed by atoms with Crippen molar-refractivity contribution in [3.05, 3.63) is 42.0 Å². The number of rotatable bonds is 17. The molecular formula is C25H40O3. The van der Waals surface area contributed by atoms with Gasteiger partial charge in [-0.3, -0.25) is 0 Å². The van der Waals surface area contributed by atoms with Gasteiger partial charge in [-0.2, -0.15) is 0 Å². The maximum Gasteiger partial charge on any atom is 0.338 e. The number of phenols is 1. The van der Waals surface area contributed by atoms with Crippen molar-refractivity contribution < 1.29 is 14.6 Å². The Morgan fingerprint density at radius 1 is 0.786 bits per heavy atom. The average Bonchev–Trinajstić information content (AvgIpc) is 2.70. The number of benzene rings is 1. The number of unbranched alkanes of at least 4 members (excludes halogenated alkanes) is 12. The Kier molecular flexibility index (Phi) is 15.0. The summed E-state index contributed by atoms with van der Waals surface area (Å²) < 4.78 is 5.25. The molecule has 0 saturated heterocycles. The van der Waals surface area contributed by atoms with Crippen molar-refractivity contribution >= 4 is 5.97 Å². The number of phenolic OH excluding ortho intramolecular Hbond substituents is 1. The highest BCUT2D eigenvalue weighted by Crippen LogP contribution is 2.12. The lowest BCUT2D eigenvalue weighted by Crippen LogP contribution is -2.06. The van der Waals surface area contributed by atoms with Crippen LogP contribution < -0.4 is 0 Å². The standard InChI is InChI=1S/C25H40O3/c1-2-3-4-5-6-7-8-9-10-11-12-13-14-15-16-17-22-28-25(27)23-18-20-24(26)21-19-23/h12-13,18-21,26H,2-11,14-17,22H2,1H3/b13-12+. The van der Waals surface area contributed by atoms with Crippen LogP contribution in [-0.4, -0.2) is 17.7 Å². The van der Waals surface area contributed by atoms with Crippen molar-refractivity contribution in [1.29, 1.82) is 0 Å². The summed E-state index contributed by atoms with van der Waals surface area (Å²) >= 11 is 0. The van der Waals surface area contributed by atoms with Crippen molar-refractivity contribution in [2.75, 3.05) is 6.61 Å². The Bertz CT molecular complexity index is 519. The molecule has 0 heterocycles. The number of carbonyl (C=O) groups is 1. The minimum atomic E-state index is -0.319. The number of carbonyl (C=O) groups excluding carboxylic acids is 1. The number of hydrogen-bond acceptors (Lipinski definition) is 3. The molecule has 28 heavy (non-hydrogen) atoms. The molecule has 0 saturated carbocycles. The number of aromatic hydroxyl groups is 1. The normalized spacial score (nSPS) is 11.2. The molecule has 0 atom stereocenters. The topological polar surface area (TPSA) is 46.5 Å². The van der Waals surface area contributed by atoms with Gasteiger partial charge in [0.2, 0.25) is 0 Å². The molecule has 0 radical (unpaired) electrons. The maximum atomic E-state index is 11.8. The van der Waals surface area contributed by atoms with Crippen LogP contribution in [0.25, 0.3) is 0 Å². The third kappa shape index (κ3) is 13.4. The predicted molar refractivity (Wildman–Crippen MR) is 118 cm³/mol. The molecule has 3 heteroatoms. The molecule has 0 spiro atoms. The number of allylic oxidation sites excluding steroid dienone is 2. The number of ether oxygens (including phenoxy) is 1. The molecule has 0 aromatic heterocycles. The molecule has 3 nitrogen and oxygen atoms in total. The molecule has 0 aliphatic rings. The Morgan fingerprint density at radius 2 is 1.29 bits per heavy atom. The first-order chi connectivity index (χ1) is 13.7. The van der Waals surface area contributed by atoms with Gasteiger partial charge >= 0.3 is 5.97 Å². The first kappa shape index (κ1) is 24.3. The first-order valence-corrected chi connectivity index (χ1v) is 11.3. The zero-order chi connectivity index (χ0) is 20.3. The van der Waals surface area contributed by atoms with Gasteiger partial charge in [0.05, 0.1) is 12.2 Å². The zero-order valence-electron chi connectivity index (χ0n) is 17.8. The lowest BCUT2D eigenvalue weighted by molar-refractivity contribution is 0.0498. The van der Waals surface area contributed by atoms with E-state index in [0.29, 0.717) is 12.2 Å². The van der Waals surface area contributed by atoms with Gasteiger partial charge in [0, 0.05) is 0 Å². The van der Waals surface area contributed by atoms with Crippen molar-refractivity contribution in [3.63, 3.8) is 0 Å². The molecule has 0 aliphatic carbocycles. The molecular weight excluding hydrogens is 348 g/mol. The van der Waals surface area contributed by atoms with Crippen LogP contribution in [0.15, 0.2) is 36.4 Å². The number of esters is 1. The van der Waals surface area contributed by atoms with Crippen LogP contribution in [0.3, 0.4) is 0 Å². The summed E-state index contributed by atoms with van der Waals surface area (Å²) in [6.45, 7) is 2.73.